The van der Waals surface area contributed by atoms with Gasteiger partial charge < -0.3 is 4.90 Å². The maximum Gasteiger partial charge on any atom is 0.111 e. The number of nitrogens with zero attached hydrogens (tertiary/aromatic N) is 1. The Morgan fingerprint density at radius 3 is 2.29 bits per heavy atom. The molecule has 0 aromatic heterocycles. The minimum Gasteiger partial charge on any atom is -0.371 e. The number of piperidine rings is 1. The number of hydrogen-bond donors (Lipinski definition) is 0. The van der Waals surface area contributed by atoms with Crippen molar-refractivity contribution in [3.8, 4) is 0 Å². The molecule has 1 nitrogen and oxygen atoms in total. The van der Waals surface area contributed by atoms with Gasteiger partial charge in [0.25, 0.3) is 0 Å². The van der Waals surface area contributed by atoms with E-state index in [0.717, 1.165) is 13.1 Å². The minimum absolute atomic E-state index is 0.641. The molecule has 0 amide bonds. The number of benzene rings is 1. The zero-order valence-electron chi connectivity index (χ0n) is 8.54. The van der Waals surface area contributed by atoms with E-state index in [1.807, 2.05) is 18.2 Å². The van der Waals surface area contributed by atoms with Crippen LogP contribution in [0.4, 0.5) is 10.1 Å². The van der Waals surface area contributed by atoms with E-state index in [1.54, 1.807) is 6.92 Å². The average Bonchev–Trinajstić information content (AvgIpc) is 2.19. The third-order valence-corrected chi connectivity index (χ3v) is 2.93. The standard InChI is InChI=1S/C12H16FN/c1-12(13)7-9-14(10-8-12)11-5-3-2-4-6-11/h2-6H,7-10H2,1H3. The molecule has 1 aliphatic rings. The van der Waals surface area contributed by atoms with Crippen molar-refractivity contribution in [2.75, 3.05) is 18.0 Å². The third kappa shape index (κ3) is 2.06. The van der Waals surface area contributed by atoms with E-state index in [4.69, 9.17) is 0 Å². The van der Waals surface area contributed by atoms with Gasteiger partial charge >= 0.3 is 0 Å². The zero-order chi connectivity index (χ0) is 10.0. The second-order valence-electron chi connectivity index (χ2n) is 4.24. The van der Waals surface area contributed by atoms with E-state index in [1.165, 1.54) is 5.69 Å². The molecule has 0 unspecified atom stereocenters. The van der Waals surface area contributed by atoms with Crippen molar-refractivity contribution in [2.24, 2.45) is 0 Å². The highest BCUT2D eigenvalue weighted by Crippen LogP contribution is 2.28. The van der Waals surface area contributed by atoms with Crippen LogP contribution in [0.25, 0.3) is 0 Å². The van der Waals surface area contributed by atoms with E-state index in [-0.39, 0.29) is 0 Å². The first kappa shape index (κ1) is 9.50. The largest absolute Gasteiger partial charge is 0.371 e. The normalized spacial score (nSPS) is 20.9. The lowest BCUT2D eigenvalue weighted by Crippen LogP contribution is -2.40. The molecule has 0 saturated carbocycles. The number of hydrogen-bond acceptors (Lipinski definition) is 1. The quantitative estimate of drug-likeness (QED) is 0.662. The van der Waals surface area contributed by atoms with Gasteiger partial charge in [-0.25, -0.2) is 4.39 Å². The van der Waals surface area contributed by atoms with Gasteiger partial charge in [0.1, 0.15) is 5.67 Å². The molecule has 1 heterocycles. The minimum atomic E-state index is -0.953. The Bertz CT molecular complexity index is 284. The molecule has 1 saturated heterocycles. The Hall–Kier alpha value is -1.05. The van der Waals surface area contributed by atoms with Gasteiger partial charge in [-0.05, 0) is 31.9 Å². The second-order valence-corrected chi connectivity index (χ2v) is 4.24. The first-order valence-electron chi connectivity index (χ1n) is 5.16. The number of rotatable bonds is 1. The van der Waals surface area contributed by atoms with Gasteiger partial charge in [-0.15, -0.1) is 0 Å². The molecule has 2 rings (SSSR count). The molecule has 1 fully saturated rings. The van der Waals surface area contributed by atoms with Crippen LogP contribution in [0, 0.1) is 0 Å². The summed E-state index contributed by atoms with van der Waals surface area (Å²) in [4.78, 5) is 2.25. The van der Waals surface area contributed by atoms with Crippen molar-refractivity contribution in [3.05, 3.63) is 30.3 Å². The topological polar surface area (TPSA) is 3.24 Å². The summed E-state index contributed by atoms with van der Waals surface area (Å²) in [5.41, 5.74) is 0.258. The molecular formula is C12H16FN. The average molecular weight is 193 g/mol. The van der Waals surface area contributed by atoms with Crippen molar-refractivity contribution in [1.29, 1.82) is 0 Å². The second kappa shape index (κ2) is 3.60. The molecule has 0 aliphatic carbocycles. The Kier molecular flexibility index (Phi) is 2.44. The number of alkyl halides is 1. The molecule has 0 atom stereocenters. The highest BCUT2D eigenvalue weighted by molar-refractivity contribution is 5.46. The van der Waals surface area contributed by atoms with Crippen molar-refractivity contribution < 1.29 is 4.39 Å². The molecule has 14 heavy (non-hydrogen) atoms. The van der Waals surface area contributed by atoms with Gasteiger partial charge in [-0.3, -0.25) is 0 Å². The van der Waals surface area contributed by atoms with Gasteiger partial charge in [0, 0.05) is 18.8 Å². The highest BCUT2D eigenvalue weighted by Gasteiger charge is 2.29. The lowest BCUT2D eigenvalue weighted by atomic mass is 9.95. The summed E-state index contributed by atoms with van der Waals surface area (Å²) in [7, 11) is 0. The number of anilines is 1. The van der Waals surface area contributed by atoms with Crippen molar-refractivity contribution in [1.82, 2.24) is 0 Å². The summed E-state index contributed by atoms with van der Waals surface area (Å²) in [5, 5.41) is 0. The summed E-state index contributed by atoms with van der Waals surface area (Å²) >= 11 is 0. The predicted octanol–water partition coefficient (Wildman–Crippen LogP) is 3.02. The first-order chi connectivity index (χ1) is 6.67. The van der Waals surface area contributed by atoms with Crippen molar-refractivity contribution in [2.45, 2.75) is 25.4 Å². The maximum atomic E-state index is 13.5. The number of para-hydroxylation sites is 1. The van der Waals surface area contributed by atoms with Gasteiger partial charge in [0.05, 0.1) is 0 Å². The summed E-state index contributed by atoms with van der Waals surface area (Å²) in [6.45, 7) is 3.36. The van der Waals surface area contributed by atoms with Gasteiger partial charge in [0.2, 0.25) is 0 Å². The first-order valence-corrected chi connectivity index (χ1v) is 5.16. The summed E-state index contributed by atoms with van der Waals surface area (Å²) < 4.78 is 13.5. The predicted molar refractivity (Wildman–Crippen MR) is 57.4 cm³/mol. The molecule has 0 radical (unpaired) electrons. The smallest absolute Gasteiger partial charge is 0.111 e. The fraction of sp³-hybridized carbons (Fsp3) is 0.500. The van der Waals surface area contributed by atoms with E-state index in [0.29, 0.717) is 12.8 Å². The lowest BCUT2D eigenvalue weighted by Gasteiger charge is -2.35. The molecule has 76 valence electrons. The van der Waals surface area contributed by atoms with Crippen LogP contribution in [-0.2, 0) is 0 Å². The Morgan fingerprint density at radius 1 is 1.14 bits per heavy atom. The van der Waals surface area contributed by atoms with Crippen LogP contribution in [0.2, 0.25) is 0 Å². The Balaban J connectivity index is 2.03. The molecule has 0 spiro atoms. The fourth-order valence-corrected chi connectivity index (χ4v) is 1.87. The van der Waals surface area contributed by atoms with E-state index in [2.05, 4.69) is 17.0 Å². The summed E-state index contributed by atoms with van der Waals surface area (Å²) in [6.07, 6.45) is 1.28. The van der Waals surface area contributed by atoms with Crippen LogP contribution in [-0.4, -0.2) is 18.8 Å². The summed E-state index contributed by atoms with van der Waals surface area (Å²) in [6, 6.07) is 10.2. The molecule has 0 bridgehead atoms. The van der Waals surface area contributed by atoms with E-state index < -0.39 is 5.67 Å². The molecule has 1 aromatic carbocycles. The molecular weight excluding hydrogens is 177 g/mol. The van der Waals surface area contributed by atoms with E-state index in [9.17, 15) is 4.39 Å². The van der Waals surface area contributed by atoms with Crippen LogP contribution in [0.5, 0.6) is 0 Å². The van der Waals surface area contributed by atoms with Crippen LogP contribution >= 0.6 is 0 Å². The lowest BCUT2D eigenvalue weighted by molar-refractivity contribution is 0.149. The summed E-state index contributed by atoms with van der Waals surface area (Å²) in [5.74, 6) is 0. The van der Waals surface area contributed by atoms with Gasteiger partial charge in [-0.2, -0.15) is 0 Å². The van der Waals surface area contributed by atoms with Gasteiger partial charge in [0.15, 0.2) is 0 Å². The zero-order valence-corrected chi connectivity index (χ0v) is 8.54. The van der Waals surface area contributed by atoms with Crippen LogP contribution in [0.15, 0.2) is 30.3 Å². The van der Waals surface area contributed by atoms with Gasteiger partial charge in [-0.1, -0.05) is 18.2 Å². The Labute approximate surface area is 84.5 Å². The van der Waals surface area contributed by atoms with Crippen molar-refractivity contribution in [3.63, 3.8) is 0 Å². The van der Waals surface area contributed by atoms with Crippen LogP contribution in [0.1, 0.15) is 19.8 Å². The molecule has 2 heteroatoms. The van der Waals surface area contributed by atoms with E-state index >= 15 is 0 Å². The third-order valence-electron chi connectivity index (χ3n) is 2.93. The number of halogens is 1. The van der Waals surface area contributed by atoms with Crippen LogP contribution in [0.3, 0.4) is 0 Å². The maximum absolute atomic E-state index is 13.5. The highest BCUT2D eigenvalue weighted by atomic mass is 19.1. The molecule has 0 N–H and O–H groups in total. The SMILES string of the molecule is CC1(F)CCN(c2ccccc2)CC1. The monoisotopic (exact) mass is 193 g/mol. The van der Waals surface area contributed by atoms with Crippen LogP contribution < -0.4 is 4.90 Å². The van der Waals surface area contributed by atoms with Crippen molar-refractivity contribution >= 4 is 5.69 Å². The molecule has 1 aromatic rings. The fourth-order valence-electron chi connectivity index (χ4n) is 1.87. The molecule has 1 aliphatic heterocycles. The Morgan fingerprint density at radius 2 is 1.71 bits per heavy atom.